The predicted molar refractivity (Wildman–Crippen MR) is 163 cm³/mol. The van der Waals surface area contributed by atoms with Crippen LogP contribution in [-0.2, 0) is 4.74 Å². The quantitative estimate of drug-likeness (QED) is 0.173. The van der Waals surface area contributed by atoms with Gasteiger partial charge >= 0.3 is 12.1 Å². The number of urea groups is 1. The minimum atomic E-state index is -1.02. The van der Waals surface area contributed by atoms with Gasteiger partial charge in [-0.1, -0.05) is 26.8 Å². The highest BCUT2D eigenvalue weighted by Crippen LogP contribution is 2.41. The maximum Gasteiger partial charge on any atom is 0.407 e. The van der Waals surface area contributed by atoms with Crippen LogP contribution in [0.4, 0.5) is 19.7 Å². The zero-order valence-corrected chi connectivity index (χ0v) is 25.2. The van der Waals surface area contributed by atoms with Gasteiger partial charge in [-0.05, 0) is 48.1 Å². The number of hydrogen-bond donors (Lipinski definition) is 3. The zero-order chi connectivity index (χ0) is 30.7. The second-order valence-corrected chi connectivity index (χ2v) is 12.5. The van der Waals surface area contributed by atoms with Gasteiger partial charge in [0, 0.05) is 49.9 Å². The summed E-state index contributed by atoms with van der Waals surface area (Å²) in [6, 6.07) is 11.0. The molecule has 1 fully saturated rings. The average molecular weight is 608 g/mol. The molecule has 5 rings (SSSR count). The minimum Gasteiger partial charge on any atom is -0.465 e. The summed E-state index contributed by atoms with van der Waals surface area (Å²) in [7, 11) is 1.54. The van der Waals surface area contributed by atoms with E-state index < -0.39 is 23.4 Å². The monoisotopic (exact) mass is 607 g/mol. The van der Waals surface area contributed by atoms with Crippen LogP contribution in [0.25, 0.3) is 20.8 Å². The van der Waals surface area contributed by atoms with Crippen molar-refractivity contribution < 1.29 is 28.6 Å². The third kappa shape index (κ3) is 7.20. The Morgan fingerprint density at radius 3 is 2.56 bits per heavy atom. The third-order valence-electron chi connectivity index (χ3n) is 6.97. The Kier molecular flexibility index (Phi) is 8.79. The minimum absolute atomic E-state index is 0.0164. The van der Waals surface area contributed by atoms with Crippen LogP contribution >= 0.6 is 11.3 Å². The first-order valence-electron chi connectivity index (χ1n) is 13.9. The van der Waals surface area contributed by atoms with E-state index in [2.05, 4.69) is 20.6 Å². The number of benzene rings is 1. The van der Waals surface area contributed by atoms with E-state index in [0.717, 1.165) is 28.0 Å². The first-order chi connectivity index (χ1) is 20.5. The summed E-state index contributed by atoms with van der Waals surface area (Å²) in [6.07, 6.45) is 4.19. The van der Waals surface area contributed by atoms with Gasteiger partial charge in [-0.2, -0.15) is 0 Å². The van der Waals surface area contributed by atoms with Crippen molar-refractivity contribution in [3.63, 3.8) is 0 Å². The maximum absolute atomic E-state index is 14.9. The second-order valence-electron chi connectivity index (χ2n) is 11.5. The summed E-state index contributed by atoms with van der Waals surface area (Å²) < 4.78 is 26.7. The lowest BCUT2D eigenvalue weighted by Gasteiger charge is -2.38. The summed E-state index contributed by atoms with van der Waals surface area (Å²) in [6.45, 7) is 6.49. The summed E-state index contributed by atoms with van der Waals surface area (Å²) in [5.41, 5.74) is 2.07. The van der Waals surface area contributed by atoms with E-state index in [1.807, 2.05) is 39.0 Å². The molecular weight excluding hydrogens is 573 g/mol. The number of carboxylic acid groups (broad SMARTS) is 1. The fraction of sp³-hybridized carbons (Fsp3) is 0.355. The van der Waals surface area contributed by atoms with Crippen molar-refractivity contribution >= 4 is 39.4 Å². The van der Waals surface area contributed by atoms with Crippen LogP contribution in [-0.4, -0.2) is 58.4 Å². The topological polar surface area (TPSA) is 126 Å². The molecule has 226 valence electrons. The Balaban J connectivity index is 1.36. The number of halogens is 1. The molecule has 1 atom stereocenters. The van der Waals surface area contributed by atoms with Gasteiger partial charge in [0.05, 0.1) is 33.4 Å². The van der Waals surface area contributed by atoms with Crippen LogP contribution in [0.2, 0.25) is 0 Å². The number of nitrogens with one attached hydrogen (secondary N) is 2. The van der Waals surface area contributed by atoms with Crippen molar-refractivity contribution in [3.05, 3.63) is 66.2 Å². The Hall–Kier alpha value is -4.29. The Morgan fingerprint density at radius 2 is 1.93 bits per heavy atom. The van der Waals surface area contributed by atoms with Gasteiger partial charge < -0.3 is 25.2 Å². The summed E-state index contributed by atoms with van der Waals surface area (Å²) >= 11 is 1.41. The molecule has 0 bridgehead atoms. The van der Waals surface area contributed by atoms with Crippen molar-refractivity contribution in [1.29, 1.82) is 0 Å². The Bertz CT molecular complexity index is 1620. The molecule has 43 heavy (non-hydrogen) atoms. The lowest BCUT2D eigenvalue weighted by Crippen LogP contribution is -2.42. The Labute approximate surface area is 252 Å². The number of fused-ring (bicyclic) bond motifs is 1. The molecule has 1 aliphatic rings. The van der Waals surface area contributed by atoms with E-state index in [1.54, 1.807) is 31.6 Å². The predicted octanol–water partition coefficient (Wildman–Crippen LogP) is 7.29. The van der Waals surface area contributed by atoms with Gasteiger partial charge in [-0.3, -0.25) is 14.9 Å². The van der Waals surface area contributed by atoms with E-state index in [0.29, 0.717) is 22.6 Å². The van der Waals surface area contributed by atoms with Crippen LogP contribution < -0.4 is 15.4 Å². The number of methoxy groups -OCH3 is 1. The SMILES string of the molecule is COCCN(C(=O)O)C(c1ccc(-c2cc3nccc(Oc4ccc(NC(=O)NC5CC5)cc4F)c3s2)nc1)C(C)(C)C. The van der Waals surface area contributed by atoms with Gasteiger partial charge in [0.1, 0.15) is 5.75 Å². The van der Waals surface area contributed by atoms with Crippen molar-refractivity contribution in [1.82, 2.24) is 20.2 Å². The molecule has 3 N–H and O–H groups in total. The number of carbonyl (C=O) groups is 2. The molecule has 3 aromatic heterocycles. The molecule has 10 nitrogen and oxygen atoms in total. The van der Waals surface area contributed by atoms with Crippen molar-refractivity contribution in [2.24, 2.45) is 5.41 Å². The van der Waals surface area contributed by atoms with E-state index in [-0.39, 0.29) is 31.0 Å². The highest BCUT2D eigenvalue weighted by molar-refractivity contribution is 7.22. The molecule has 1 aliphatic carbocycles. The smallest absolute Gasteiger partial charge is 0.407 e. The first kappa shape index (κ1) is 30.2. The molecule has 3 heterocycles. The summed E-state index contributed by atoms with van der Waals surface area (Å²) in [4.78, 5) is 35.5. The number of thiophene rings is 1. The molecule has 0 spiro atoms. The molecule has 4 aromatic rings. The molecular formula is C31H34FN5O5S. The number of anilines is 1. The number of rotatable bonds is 10. The molecule has 1 saturated carbocycles. The van der Waals surface area contributed by atoms with Crippen LogP contribution in [0.3, 0.4) is 0 Å². The zero-order valence-electron chi connectivity index (χ0n) is 24.4. The molecule has 0 saturated heterocycles. The molecule has 0 radical (unpaired) electrons. The van der Waals surface area contributed by atoms with Crippen LogP contribution in [0.1, 0.15) is 45.2 Å². The lowest BCUT2D eigenvalue weighted by atomic mass is 9.81. The standard InChI is InChI=1S/C31H34FN5O5S/c1-31(2,3)28(37(30(39)40)13-14-41-4)18-5-9-22(34-17-18)26-16-23-27(43-26)25(11-12-33-23)42-24-10-8-20(15-21(24)32)36-29(38)35-19-6-7-19/h5,8-12,15-17,19,28H,6-7,13-14H2,1-4H3,(H,39,40)(H2,35,36,38). The third-order valence-corrected chi connectivity index (χ3v) is 8.13. The van der Waals surface area contributed by atoms with Crippen molar-refractivity contribution in [3.8, 4) is 22.1 Å². The fourth-order valence-electron chi connectivity index (χ4n) is 4.87. The second kappa shape index (κ2) is 12.5. The lowest BCUT2D eigenvalue weighted by molar-refractivity contribution is 0.0612. The van der Waals surface area contributed by atoms with Gasteiger partial charge in [0.15, 0.2) is 11.6 Å². The number of aromatic nitrogens is 2. The van der Waals surface area contributed by atoms with E-state index in [1.165, 1.54) is 28.4 Å². The normalized spacial score (nSPS) is 13.9. The van der Waals surface area contributed by atoms with E-state index >= 15 is 0 Å². The van der Waals surface area contributed by atoms with Gasteiger partial charge in [0.25, 0.3) is 0 Å². The number of amides is 3. The van der Waals surface area contributed by atoms with E-state index in [9.17, 15) is 19.1 Å². The number of hydrogen-bond acceptors (Lipinski definition) is 7. The van der Waals surface area contributed by atoms with Gasteiger partial charge in [-0.15, -0.1) is 11.3 Å². The number of ether oxygens (including phenoxy) is 2. The molecule has 1 aromatic carbocycles. The van der Waals surface area contributed by atoms with Gasteiger partial charge in [-0.25, -0.2) is 14.0 Å². The van der Waals surface area contributed by atoms with Crippen LogP contribution in [0.15, 0.2) is 54.9 Å². The molecule has 1 unspecified atom stereocenters. The first-order valence-corrected chi connectivity index (χ1v) is 14.7. The molecule has 3 amide bonds. The largest absolute Gasteiger partial charge is 0.465 e. The molecule has 12 heteroatoms. The van der Waals surface area contributed by atoms with Crippen molar-refractivity contribution in [2.75, 3.05) is 25.6 Å². The van der Waals surface area contributed by atoms with E-state index in [4.69, 9.17) is 9.47 Å². The van der Waals surface area contributed by atoms with Crippen molar-refractivity contribution in [2.45, 2.75) is 45.7 Å². The average Bonchev–Trinajstić information content (AvgIpc) is 3.65. The Morgan fingerprint density at radius 1 is 1.14 bits per heavy atom. The summed E-state index contributed by atoms with van der Waals surface area (Å²) in [5.74, 6) is -0.160. The van der Waals surface area contributed by atoms with Crippen LogP contribution in [0, 0.1) is 11.2 Å². The summed E-state index contributed by atoms with van der Waals surface area (Å²) in [5, 5.41) is 15.4. The number of pyridine rings is 2. The fourth-order valence-corrected chi connectivity index (χ4v) is 5.91. The van der Waals surface area contributed by atoms with Crippen LogP contribution in [0.5, 0.6) is 11.5 Å². The number of carbonyl (C=O) groups excluding carboxylic acids is 1. The van der Waals surface area contributed by atoms with Gasteiger partial charge in [0.2, 0.25) is 0 Å². The highest BCUT2D eigenvalue weighted by atomic mass is 32.1. The maximum atomic E-state index is 14.9. The molecule has 0 aliphatic heterocycles. The number of nitrogens with zero attached hydrogens (tertiary/aromatic N) is 3. The highest BCUT2D eigenvalue weighted by Gasteiger charge is 2.35.